The number of carbonyl (C=O) groups excluding carboxylic acids is 1. The topological polar surface area (TPSA) is 65.4 Å². The Hall–Kier alpha value is -4.06. The molecule has 0 saturated carbocycles. The number of ether oxygens (including phenoxy) is 2. The highest BCUT2D eigenvalue weighted by Crippen LogP contribution is 2.23. The van der Waals surface area contributed by atoms with Gasteiger partial charge in [0.15, 0.2) is 6.61 Å². The molecule has 0 bridgehead atoms. The molecule has 36 heavy (non-hydrogen) atoms. The van der Waals surface area contributed by atoms with Gasteiger partial charge in [0, 0.05) is 0 Å². The standard InChI is InChI=1S/C30H33N3O3/c1-5-10-24-11-6-9-14-27(24)35-18-17-33-26-13-8-7-12-25(26)32-30(33)23(4)31-29(34)20-36-28-19-21(2)15-16-22(28)3/h5-9,11-16,19,23H,1,10,17-18,20H2,2-4H3,(H,31,34). The number of para-hydroxylation sites is 3. The molecule has 186 valence electrons. The number of imidazole rings is 1. The smallest absolute Gasteiger partial charge is 0.258 e. The summed E-state index contributed by atoms with van der Waals surface area (Å²) in [5.41, 5.74) is 5.08. The van der Waals surface area contributed by atoms with Crippen molar-refractivity contribution >= 4 is 16.9 Å². The number of amides is 1. The van der Waals surface area contributed by atoms with Crippen LogP contribution in [0.2, 0.25) is 0 Å². The molecule has 1 aromatic heterocycles. The van der Waals surface area contributed by atoms with Crippen molar-refractivity contribution in [3.05, 3.63) is 102 Å². The summed E-state index contributed by atoms with van der Waals surface area (Å²) in [6, 6.07) is 21.6. The number of nitrogens with zero attached hydrogens (tertiary/aromatic N) is 2. The van der Waals surface area contributed by atoms with E-state index in [4.69, 9.17) is 14.5 Å². The zero-order chi connectivity index (χ0) is 25.5. The number of hydrogen-bond donors (Lipinski definition) is 1. The monoisotopic (exact) mass is 483 g/mol. The number of fused-ring (bicyclic) bond motifs is 1. The maximum absolute atomic E-state index is 12.7. The second-order valence-corrected chi connectivity index (χ2v) is 8.91. The van der Waals surface area contributed by atoms with Crippen LogP contribution in [0.15, 0.2) is 79.4 Å². The highest BCUT2D eigenvalue weighted by atomic mass is 16.5. The predicted octanol–water partition coefficient (Wildman–Crippen LogP) is 5.72. The molecule has 0 aliphatic heterocycles. The van der Waals surface area contributed by atoms with Crippen LogP contribution >= 0.6 is 0 Å². The Balaban J connectivity index is 1.45. The van der Waals surface area contributed by atoms with E-state index in [-0.39, 0.29) is 18.6 Å². The van der Waals surface area contributed by atoms with E-state index in [2.05, 4.69) is 16.5 Å². The first kappa shape index (κ1) is 25.0. The van der Waals surface area contributed by atoms with Crippen molar-refractivity contribution < 1.29 is 14.3 Å². The van der Waals surface area contributed by atoms with Crippen molar-refractivity contribution in [3.63, 3.8) is 0 Å². The number of benzene rings is 3. The zero-order valence-corrected chi connectivity index (χ0v) is 21.2. The molecule has 1 unspecified atom stereocenters. The second kappa shape index (κ2) is 11.6. The number of carbonyl (C=O) groups is 1. The van der Waals surface area contributed by atoms with Crippen molar-refractivity contribution in [3.8, 4) is 11.5 Å². The Labute approximate surface area is 212 Å². The first-order chi connectivity index (χ1) is 17.5. The van der Waals surface area contributed by atoms with Crippen molar-refractivity contribution in [2.75, 3.05) is 13.2 Å². The fourth-order valence-corrected chi connectivity index (χ4v) is 4.23. The third-order valence-electron chi connectivity index (χ3n) is 6.06. The summed E-state index contributed by atoms with van der Waals surface area (Å²) in [5.74, 6) is 2.16. The van der Waals surface area contributed by atoms with Gasteiger partial charge in [0.05, 0.1) is 23.6 Å². The molecule has 3 aromatic carbocycles. The Kier molecular flexibility index (Phi) is 8.06. The SMILES string of the molecule is C=CCc1ccccc1OCCn1c(C(C)NC(=O)COc2cc(C)ccc2C)nc2ccccc21. The normalized spacial score (nSPS) is 11.8. The molecule has 1 atom stereocenters. The fourth-order valence-electron chi connectivity index (χ4n) is 4.23. The van der Waals surface area contributed by atoms with Crippen LogP contribution in [0.4, 0.5) is 0 Å². The maximum Gasteiger partial charge on any atom is 0.258 e. The quantitative estimate of drug-likeness (QED) is 0.277. The fraction of sp³-hybridized carbons (Fsp3) is 0.267. The van der Waals surface area contributed by atoms with Crippen molar-refractivity contribution in [1.82, 2.24) is 14.9 Å². The summed E-state index contributed by atoms with van der Waals surface area (Å²) in [6.45, 7) is 10.7. The van der Waals surface area contributed by atoms with Gasteiger partial charge in [-0.25, -0.2) is 4.98 Å². The Morgan fingerprint density at radius 3 is 2.67 bits per heavy atom. The molecule has 0 radical (unpaired) electrons. The third-order valence-corrected chi connectivity index (χ3v) is 6.06. The minimum absolute atomic E-state index is 0.0575. The second-order valence-electron chi connectivity index (χ2n) is 8.91. The van der Waals surface area contributed by atoms with Crippen LogP contribution in [0.5, 0.6) is 11.5 Å². The first-order valence-electron chi connectivity index (χ1n) is 12.2. The van der Waals surface area contributed by atoms with E-state index in [1.807, 2.05) is 93.6 Å². The molecule has 0 aliphatic rings. The molecule has 6 heteroatoms. The molecule has 0 spiro atoms. The van der Waals surface area contributed by atoms with E-state index < -0.39 is 0 Å². The van der Waals surface area contributed by atoms with Crippen molar-refractivity contribution in [2.45, 2.75) is 39.8 Å². The lowest BCUT2D eigenvalue weighted by Crippen LogP contribution is -2.33. The molecule has 6 nitrogen and oxygen atoms in total. The van der Waals surface area contributed by atoms with Gasteiger partial charge in [-0.05, 0) is 68.1 Å². The zero-order valence-electron chi connectivity index (χ0n) is 21.2. The molecule has 1 amide bonds. The van der Waals surface area contributed by atoms with E-state index in [9.17, 15) is 4.79 Å². The van der Waals surface area contributed by atoms with Gasteiger partial charge in [0.25, 0.3) is 5.91 Å². The van der Waals surface area contributed by atoms with Gasteiger partial charge in [-0.15, -0.1) is 6.58 Å². The molecule has 1 heterocycles. The van der Waals surface area contributed by atoms with Gasteiger partial charge in [-0.2, -0.15) is 0 Å². The number of aromatic nitrogens is 2. The number of rotatable bonds is 11. The van der Waals surface area contributed by atoms with Crippen LogP contribution in [-0.2, 0) is 17.8 Å². The average molecular weight is 484 g/mol. The summed E-state index contributed by atoms with van der Waals surface area (Å²) in [7, 11) is 0. The summed E-state index contributed by atoms with van der Waals surface area (Å²) >= 11 is 0. The molecule has 4 aromatic rings. The number of allylic oxidation sites excluding steroid dienone is 1. The van der Waals surface area contributed by atoms with Crippen LogP contribution < -0.4 is 14.8 Å². The minimum atomic E-state index is -0.305. The Bertz CT molecular complexity index is 1360. The largest absolute Gasteiger partial charge is 0.491 e. The van der Waals surface area contributed by atoms with Crippen molar-refractivity contribution in [2.24, 2.45) is 0 Å². The van der Waals surface area contributed by atoms with Gasteiger partial charge in [-0.1, -0.05) is 48.5 Å². The van der Waals surface area contributed by atoms with Gasteiger partial charge >= 0.3 is 0 Å². The molecule has 0 fully saturated rings. The molecule has 0 saturated heterocycles. The lowest BCUT2D eigenvalue weighted by Gasteiger charge is -2.18. The summed E-state index contributed by atoms with van der Waals surface area (Å²) in [4.78, 5) is 17.5. The Morgan fingerprint density at radius 1 is 1.06 bits per heavy atom. The lowest BCUT2D eigenvalue weighted by atomic mass is 10.1. The van der Waals surface area contributed by atoms with Gasteiger partial charge in [-0.3, -0.25) is 4.79 Å². The van der Waals surface area contributed by atoms with Crippen molar-refractivity contribution in [1.29, 1.82) is 0 Å². The lowest BCUT2D eigenvalue weighted by molar-refractivity contribution is -0.123. The third kappa shape index (κ3) is 5.95. The number of aryl methyl sites for hydroxylation is 2. The molecular weight excluding hydrogens is 450 g/mol. The highest BCUT2D eigenvalue weighted by Gasteiger charge is 2.19. The predicted molar refractivity (Wildman–Crippen MR) is 144 cm³/mol. The van der Waals surface area contributed by atoms with Crippen LogP contribution in [0.25, 0.3) is 11.0 Å². The van der Waals surface area contributed by atoms with Crippen LogP contribution in [-0.4, -0.2) is 28.7 Å². The molecule has 1 N–H and O–H groups in total. The van der Waals surface area contributed by atoms with E-state index in [1.54, 1.807) is 0 Å². The molecular formula is C30H33N3O3. The van der Waals surface area contributed by atoms with Gasteiger partial charge in [0.2, 0.25) is 0 Å². The molecule has 0 aliphatic carbocycles. The summed E-state index contributed by atoms with van der Waals surface area (Å²) in [5, 5.41) is 3.04. The number of nitrogens with one attached hydrogen (secondary N) is 1. The maximum atomic E-state index is 12.7. The number of hydrogen-bond acceptors (Lipinski definition) is 4. The summed E-state index contributed by atoms with van der Waals surface area (Å²) < 4.78 is 14.0. The van der Waals surface area contributed by atoms with E-state index in [0.717, 1.165) is 51.5 Å². The van der Waals surface area contributed by atoms with Crippen LogP contribution in [0.1, 0.15) is 35.5 Å². The van der Waals surface area contributed by atoms with Crippen LogP contribution in [0, 0.1) is 13.8 Å². The first-order valence-corrected chi connectivity index (χ1v) is 12.2. The Morgan fingerprint density at radius 2 is 1.83 bits per heavy atom. The van der Waals surface area contributed by atoms with E-state index in [1.165, 1.54) is 0 Å². The van der Waals surface area contributed by atoms with Gasteiger partial charge < -0.3 is 19.4 Å². The molecule has 4 rings (SSSR count). The van der Waals surface area contributed by atoms with E-state index >= 15 is 0 Å². The average Bonchev–Trinajstić information content (AvgIpc) is 3.24. The minimum Gasteiger partial charge on any atom is -0.491 e. The van der Waals surface area contributed by atoms with E-state index in [0.29, 0.717) is 13.2 Å². The van der Waals surface area contributed by atoms with Gasteiger partial charge in [0.1, 0.15) is 23.9 Å². The van der Waals surface area contributed by atoms with Crippen LogP contribution in [0.3, 0.4) is 0 Å². The highest BCUT2D eigenvalue weighted by molar-refractivity contribution is 5.79. The summed E-state index contributed by atoms with van der Waals surface area (Å²) in [6.07, 6.45) is 2.63.